The summed E-state index contributed by atoms with van der Waals surface area (Å²) in [7, 11) is -4.18. The zero-order valence-corrected chi connectivity index (χ0v) is 11.3. The molecule has 7 heteroatoms. The van der Waals surface area contributed by atoms with Gasteiger partial charge in [0, 0.05) is 6.20 Å². The molecule has 0 spiro atoms. The van der Waals surface area contributed by atoms with E-state index in [-0.39, 0.29) is 11.3 Å². The number of pyridine rings is 1. The van der Waals surface area contributed by atoms with Gasteiger partial charge in [0.2, 0.25) is 5.03 Å². The monoisotopic (exact) mass is 291 g/mol. The van der Waals surface area contributed by atoms with E-state index >= 15 is 0 Å². The van der Waals surface area contributed by atoms with Gasteiger partial charge in [0.1, 0.15) is 6.07 Å². The average Bonchev–Trinajstić information content (AvgIpc) is 2.39. The maximum Gasteiger partial charge on any atom is 0.282 e. The van der Waals surface area contributed by atoms with E-state index in [4.69, 9.17) is 5.26 Å². The highest BCUT2D eigenvalue weighted by atomic mass is 32.2. The summed E-state index contributed by atoms with van der Waals surface area (Å²) < 4.78 is 39.8. The molecule has 0 aliphatic heterocycles. The minimum Gasteiger partial charge on any atom is -0.277 e. The molecule has 0 bridgehead atoms. The number of anilines is 1. The van der Waals surface area contributed by atoms with E-state index in [1.807, 2.05) is 6.07 Å². The molecule has 0 saturated carbocycles. The van der Waals surface area contributed by atoms with E-state index < -0.39 is 20.9 Å². The van der Waals surface area contributed by atoms with Crippen LogP contribution in [-0.2, 0) is 10.0 Å². The van der Waals surface area contributed by atoms with Crippen molar-refractivity contribution in [2.45, 2.75) is 11.9 Å². The van der Waals surface area contributed by atoms with Crippen LogP contribution in [0.2, 0.25) is 0 Å². The summed E-state index contributed by atoms with van der Waals surface area (Å²) in [5.74, 6) is -0.953. The minimum atomic E-state index is -4.18. The zero-order valence-electron chi connectivity index (χ0n) is 10.5. The molecule has 1 aromatic carbocycles. The highest BCUT2D eigenvalue weighted by Gasteiger charge is 2.22. The molecule has 0 amide bonds. The van der Waals surface area contributed by atoms with Crippen molar-refractivity contribution in [3.05, 3.63) is 53.5 Å². The predicted molar refractivity (Wildman–Crippen MR) is 70.9 cm³/mol. The van der Waals surface area contributed by atoms with Crippen molar-refractivity contribution in [2.24, 2.45) is 0 Å². The molecule has 1 N–H and O–H groups in total. The molecule has 0 fully saturated rings. The third-order valence-electron chi connectivity index (χ3n) is 2.61. The normalized spacial score (nSPS) is 10.8. The van der Waals surface area contributed by atoms with Gasteiger partial charge in [-0.15, -0.1) is 0 Å². The van der Waals surface area contributed by atoms with Crippen molar-refractivity contribution < 1.29 is 12.8 Å². The lowest BCUT2D eigenvalue weighted by molar-refractivity contribution is 0.557. The molecule has 0 aliphatic rings. The molecule has 5 nitrogen and oxygen atoms in total. The van der Waals surface area contributed by atoms with Crippen LogP contribution in [0, 0.1) is 24.1 Å². The summed E-state index contributed by atoms with van der Waals surface area (Å²) in [6.07, 6.45) is 1.18. The molecule has 102 valence electrons. The van der Waals surface area contributed by atoms with Gasteiger partial charge in [-0.05, 0) is 30.7 Å². The maximum atomic E-state index is 13.5. The number of nitriles is 1. The van der Waals surface area contributed by atoms with Crippen LogP contribution in [0.4, 0.5) is 10.1 Å². The number of sulfonamides is 1. The van der Waals surface area contributed by atoms with Crippen LogP contribution in [0.5, 0.6) is 0 Å². The first-order valence-electron chi connectivity index (χ1n) is 5.59. The lowest BCUT2D eigenvalue weighted by Crippen LogP contribution is -2.17. The van der Waals surface area contributed by atoms with Gasteiger partial charge in [-0.2, -0.15) is 13.7 Å². The molecule has 1 aromatic heterocycles. The van der Waals surface area contributed by atoms with Gasteiger partial charge in [-0.25, -0.2) is 9.37 Å². The fourth-order valence-electron chi connectivity index (χ4n) is 1.66. The molecular weight excluding hydrogens is 281 g/mol. The molecule has 0 radical (unpaired) electrons. The zero-order chi connectivity index (χ0) is 14.8. The van der Waals surface area contributed by atoms with E-state index in [0.29, 0.717) is 5.56 Å². The summed E-state index contributed by atoms with van der Waals surface area (Å²) in [4.78, 5) is 3.52. The van der Waals surface area contributed by atoms with Crippen LogP contribution >= 0.6 is 0 Å². The van der Waals surface area contributed by atoms with Crippen LogP contribution in [0.15, 0.2) is 41.6 Å². The van der Waals surface area contributed by atoms with Crippen molar-refractivity contribution >= 4 is 15.7 Å². The fraction of sp³-hybridized carbons (Fsp3) is 0.0769. The number of benzene rings is 1. The maximum absolute atomic E-state index is 13.5. The number of nitrogens with one attached hydrogen (secondary N) is 1. The third-order valence-corrected chi connectivity index (χ3v) is 3.91. The van der Waals surface area contributed by atoms with E-state index in [1.54, 1.807) is 19.1 Å². The molecular formula is C13H10FN3O2S. The summed E-state index contributed by atoms with van der Waals surface area (Å²) in [6, 6.07) is 8.92. The lowest BCUT2D eigenvalue weighted by Gasteiger charge is -2.10. The third kappa shape index (κ3) is 2.60. The summed E-state index contributed by atoms with van der Waals surface area (Å²) in [6.45, 7) is 1.68. The van der Waals surface area contributed by atoms with Gasteiger partial charge >= 0.3 is 0 Å². The van der Waals surface area contributed by atoms with Crippen LogP contribution in [-0.4, -0.2) is 13.4 Å². The van der Waals surface area contributed by atoms with Crippen molar-refractivity contribution in [3.8, 4) is 6.07 Å². The second-order valence-corrected chi connectivity index (χ2v) is 5.60. The molecule has 2 aromatic rings. The topological polar surface area (TPSA) is 82.8 Å². The van der Waals surface area contributed by atoms with Gasteiger partial charge in [-0.3, -0.25) is 4.72 Å². The SMILES string of the molecule is Cc1cccc(NS(=O)(=O)c2ncccc2F)c1C#N. The van der Waals surface area contributed by atoms with E-state index in [2.05, 4.69) is 9.71 Å². The number of rotatable bonds is 3. The molecule has 0 atom stereocenters. The van der Waals surface area contributed by atoms with Gasteiger partial charge in [0.25, 0.3) is 10.0 Å². The molecule has 0 saturated heterocycles. The number of hydrogen-bond acceptors (Lipinski definition) is 4. The lowest BCUT2D eigenvalue weighted by atomic mass is 10.1. The van der Waals surface area contributed by atoms with Crippen molar-refractivity contribution in [3.63, 3.8) is 0 Å². The molecule has 2 rings (SSSR count). The number of nitrogens with zero attached hydrogens (tertiary/aromatic N) is 2. The number of aryl methyl sites for hydroxylation is 1. The number of hydrogen-bond donors (Lipinski definition) is 1. The van der Waals surface area contributed by atoms with E-state index in [1.165, 1.54) is 18.3 Å². The Morgan fingerprint density at radius 1 is 1.30 bits per heavy atom. The predicted octanol–water partition coefficient (Wildman–Crippen LogP) is 2.20. The second kappa shape index (κ2) is 5.27. The van der Waals surface area contributed by atoms with Gasteiger partial charge in [0.15, 0.2) is 5.82 Å². The van der Waals surface area contributed by atoms with Crippen molar-refractivity contribution in [1.29, 1.82) is 5.26 Å². The van der Waals surface area contributed by atoms with Crippen LogP contribution in [0.25, 0.3) is 0 Å². The van der Waals surface area contributed by atoms with Gasteiger partial charge < -0.3 is 0 Å². The second-order valence-electron chi connectivity index (χ2n) is 4.01. The highest BCUT2D eigenvalue weighted by molar-refractivity contribution is 7.92. The smallest absolute Gasteiger partial charge is 0.277 e. The first-order chi connectivity index (χ1) is 9.45. The van der Waals surface area contributed by atoms with Gasteiger partial charge in [0.05, 0.1) is 11.3 Å². The summed E-state index contributed by atoms with van der Waals surface area (Å²) in [5, 5.41) is 8.34. The highest BCUT2D eigenvalue weighted by Crippen LogP contribution is 2.22. The van der Waals surface area contributed by atoms with Crippen LogP contribution in [0.1, 0.15) is 11.1 Å². The number of aromatic nitrogens is 1. The van der Waals surface area contributed by atoms with Crippen LogP contribution in [0.3, 0.4) is 0 Å². The quantitative estimate of drug-likeness (QED) is 0.939. The fourth-order valence-corrected chi connectivity index (χ4v) is 2.74. The van der Waals surface area contributed by atoms with Crippen molar-refractivity contribution in [1.82, 2.24) is 4.98 Å². The van der Waals surface area contributed by atoms with E-state index in [0.717, 1.165) is 6.07 Å². The standard InChI is InChI=1S/C13H10FN3O2S/c1-9-4-2-6-12(10(9)8-15)17-20(18,19)13-11(14)5-3-7-16-13/h2-7,17H,1H3. The summed E-state index contributed by atoms with van der Waals surface area (Å²) in [5.41, 5.74) is 0.902. The first-order valence-corrected chi connectivity index (χ1v) is 7.07. The Bertz CT molecular complexity index is 798. The van der Waals surface area contributed by atoms with Crippen molar-refractivity contribution in [2.75, 3.05) is 4.72 Å². The van der Waals surface area contributed by atoms with Gasteiger partial charge in [-0.1, -0.05) is 12.1 Å². The Balaban J connectivity index is 2.48. The Morgan fingerprint density at radius 2 is 2.05 bits per heavy atom. The van der Waals surface area contributed by atoms with Crippen LogP contribution < -0.4 is 4.72 Å². The Labute approximate surface area is 115 Å². The molecule has 0 unspecified atom stereocenters. The largest absolute Gasteiger partial charge is 0.282 e. The Kier molecular flexibility index (Phi) is 3.68. The molecule has 1 heterocycles. The van der Waals surface area contributed by atoms with E-state index in [9.17, 15) is 12.8 Å². The molecule has 0 aliphatic carbocycles. The summed E-state index contributed by atoms with van der Waals surface area (Å²) >= 11 is 0. The Hall–Kier alpha value is -2.46. The Morgan fingerprint density at radius 3 is 2.70 bits per heavy atom. The first kappa shape index (κ1) is 14.0. The molecule has 20 heavy (non-hydrogen) atoms. The average molecular weight is 291 g/mol. The number of halogens is 1. The minimum absolute atomic E-state index is 0.0950.